The van der Waals surface area contributed by atoms with E-state index in [1.54, 1.807) is 4.90 Å². The molecule has 4 N–H and O–H groups in total. The van der Waals surface area contributed by atoms with Crippen LogP contribution in [-0.4, -0.2) is 47.5 Å². The summed E-state index contributed by atoms with van der Waals surface area (Å²) in [4.78, 5) is 36.1. The third kappa shape index (κ3) is 4.09. The number of nitrogens with one attached hydrogen (secondary N) is 1. The number of piperidine rings is 1. The SMILES string of the molecule is CCC(CC)(CNC(=O)N1CCC(C(N)=O)CC1)C(=O)O. The molecule has 0 aromatic carbocycles. The highest BCUT2D eigenvalue weighted by Crippen LogP contribution is 2.26. The van der Waals surface area contributed by atoms with Crippen LogP contribution in [0.15, 0.2) is 0 Å². The Bertz CT molecular complexity index is 399. The molecule has 0 radical (unpaired) electrons. The maximum absolute atomic E-state index is 12.1. The Morgan fingerprint density at radius 3 is 2.14 bits per heavy atom. The number of nitrogens with two attached hydrogens (primary N) is 1. The second kappa shape index (κ2) is 7.28. The van der Waals surface area contributed by atoms with Crippen LogP contribution >= 0.6 is 0 Å². The van der Waals surface area contributed by atoms with Crippen molar-refractivity contribution in [1.82, 2.24) is 10.2 Å². The Kier molecular flexibility index (Phi) is 5.99. The van der Waals surface area contributed by atoms with Gasteiger partial charge in [-0.3, -0.25) is 9.59 Å². The molecular formula is C14H25N3O4. The van der Waals surface area contributed by atoms with Crippen molar-refractivity contribution in [3.05, 3.63) is 0 Å². The molecule has 7 heteroatoms. The van der Waals surface area contributed by atoms with Gasteiger partial charge in [-0.25, -0.2) is 4.79 Å². The van der Waals surface area contributed by atoms with Crippen molar-refractivity contribution in [2.45, 2.75) is 39.5 Å². The number of carboxylic acids is 1. The summed E-state index contributed by atoms with van der Waals surface area (Å²) < 4.78 is 0. The summed E-state index contributed by atoms with van der Waals surface area (Å²) in [5, 5.41) is 12.0. The first-order valence-electron chi connectivity index (χ1n) is 7.41. The zero-order chi connectivity index (χ0) is 16.0. The fourth-order valence-corrected chi connectivity index (χ4v) is 2.60. The van der Waals surface area contributed by atoms with Gasteiger partial charge in [-0.2, -0.15) is 0 Å². The van der Waals surface area contributed by atoms with E-state index in [1.807, 2.05) is 13.8 Å². The van der Waals surface area contributed by atoms with Gasteiger partial charge in [0.05, 0.1) is 5.41 Å². The predicted molar refractivity (Wildman–Crippen MR) is 77.5 cm³/mol. The van der Waals surface area contributed by atoms with Crippen LogP contribution in [0.1, 0.15) is 39.5 Å². The second-order valence-corrected chi connectivity index (χ2v) is 5.61. The van der Waals surface area contributed by atoms with Gasteiger partial charge in [-0.05, 0) is 25.7 Å². The van der Waals surface area contributed by atoms with Gasteiger partial charge in [0.15, 0.2) is 0 Å². The number of likely N-dealkylation sites (tertiary alicyclic amines) is 1. The van der Waals surface area contributed by atoms with Gasteiger partial charge >= 0.3 is 12.0 Å². The number of aliphatic carboxylic acids is 1. The fourth-order valence-electron chi connectivity index (χ4n) is 2.60. The van der Waals surface area contributed by atoms with E-state index in [4.69, 9.17) is 5.73 Å². The molecule has 120 valence electrons. The van der Waals surface area contributed by atoms with Gasteiger partial charge in [-0.1, -0.05) is 13.8 Å². The lowest BCUT2D eigenvalue weighted by Gasteiger charge is -2.32. The van der Waals surface area contributed by atoms with E-state index in [0.29, 0.717) is 38.8 Å². The van der Waals surface area contributed by atoms with Crippen molar-refractivity contribution in [1.29, 1.82) is 0 Å². The largest absolute Gasteiger partial charge is 0.481 e. The van der Waals surface area contributed by atoms with Crippen LogP contribution < -0.4 is 11.1 Å². The Labute approximate surface area is 124 Å². The molecule has 1 saturated heterocycles. The molecule has 0 unspecified atom stereocenters. The first-order valence-corrected chi connectivity index (χ1v) is 7.41. The summed E-state index contributed by atoms with van der Waals surface area (Å²) in [6, 6.07) is -0.273. The minimum atomic E-state index is -0.915. The van der Waals surface area contributed by atoms with E-state index in [-0.39, 0.29) is 24.4 Å². The van der Waals surface area contributed by atoms with Crippen LogP contribution in [0.4, 0.5) is 4.79 Å². The maximum atomic E-state index is 12.1. The van der Waals surface area contributed by atoms with E-state index >= 15 is 0 Å². The fraction of sp³-hybridized carbons (Fsp3) is 0.786. The number of primary amides is 1. The smallest absolute Gasteiger partial charge is 0.317 e. The Balaban J connectivity index is 2.51. The number of carbonyl (C=O) groups excluding carboxylic acids is 2. The number of carboxylic acid groups (broad SMARTS) is 1. The van der Waals surface area contributed by atoms with Crippen LogP contribution in [0, 0.1) is 11.3 Å². The zero-order valence-corrected chi connectivity index (χ0v) is 12.7. The van der Waals surface area contributed by atoms with E-state index in [9.17, 15) is 19.5 Å². The van der Waals surface area contributed by atoms with Crippen LogP contribution in [0.2, 0.25) is 0 Å². The maximum Gasteiger partial charge on any atom is 0.317 e. The molecule has 0 aliphatic carbocycles. The lowest BCUT2D eigenvalue weighted by atomic mass is 9.82. The van der Waals surface area contributed by atoms with Crippen molar-refractivity contribution < 1.29 is 19.5 Å². The third-order valence-electron chi connectivity index (χ3n) is 4.57. The molecule has 21 heavy (non-hydrogen) atoms. The van der Waals surface area contributed by atoms with Crippen molar-refractivity contribution in [2.24, 2.45) is 17.1 Å². The molecule has 0 aromatic rings. The molecule has 0 atom stereocenters. The summed E-state index contributed by atoms with van der Waals surface area (Å²) in [7, 11) is 0. The summed E-state index contributed by atoms with van der Waals surface area (Å²) >= 11 is 0. The topological polar surface area (TPSA) is 113 Å². The first-order chi connectivity index (χ1) is 9.86. The third-order valence-corrected chi connectivity index (χ3v) is 4.57. The Hall–Kier alpha value is -1.79. The van der Waals surface area contributed by atoms with E-state index in [1.165, 1.54) is 0 Å². The second-order valence-electron chi connectivity index (χ2n) is 5.61. The number of rotatable bonds is 6. The highest BCUT2D eigenvalue weighted by atomic mass is 16.4. The molecule has 0 bridgehead atoms. The number of urea groups is 1. The summed E-state index contributed by atoms with van der Waals surface area (Å²) in [6.07, 6.45) is 2.05. The lowest BCUT2D eigenvalue weighted by Crippen LogP contribution is -2.50. The number of carbonyl (C=O) groups is 3. The molecule has 3 amide bonds. The normalized spacial score (nSPS) is 16.6. The zero-order valence-electron chi connectivity index (χ0n) is 12.7. The predicted octanol–water partition coefficient (Wildman–Crippen LogP) is 0.784. The number of nitrogens with zero attached hydrogens (tertiary/aromatic N) is 1. The molecule has 1 aliphatic heterocycles. The standard InChI is InChI=1S/C14H25N3O4/c1-3-14(4-2,12(19)20)9-16-13(21)17-7-5-10(6-8-17)11(15)18/h10H,3-9H2,1-2H3,(H2,15,18)(H,16,21)(H,19,20). The highest BCUT2D eigenvalue weighted by Gasteiger charge is 2.36. The van der Waals surface area contributed by atoms with Gasteiger partial charge < -0.3 is 21.1 Å². The van der Waals surface area contributed by atoms with Gasteiger partial charge in [0, 0.05) is 25.6 Å². The molecule has 1 fully saturated rings. The van der Waals surface area contributed by atoms with Crippen LogP contribution in [0.25, 0.3) is 0 Å². The number of hydrogen-bond donors (Lipinski definition) is 3. The van der Waals surface area contributed by atoms with Crippen LogP contribution in [0.5, 0.6) is 0 Å². The Morgan fingerprint density at radius 1 is 1.24 bits per heavy atom. The monoisotopic (exact) mass is 299 g/mol. The van der Waals surface area contributed by atoms with Gasteiger partial charge in [0.25, 0.3) is 0 Å². The molecule has 0 saturated carbocycles. The summed E-state index contributed by atoms with van der Waals surface area (Å²) in [5.74, 6) is -1.38. The summed E-state index contributed by atoms with van der Waals surface area (Å²) in [5.41, 5.74) is 4.34. The first kappa shape index (κ1) is 17.3. The number of hydrogen-bond acceptors (Lipinski definition) is 3. The molecular weight excluding hydrogens is 274 g/mol. The van der Waals surface area contributed by atoms with E-state index in [0.717, 1.165) is 0 Å². The van der Waals surface area contributed by atoms with Crippen molar-refractivity contribution in [2.75, 3.05) is 19.6 Å². The Morgan fingerprint density at radius 2 is 1.76 bits per heavy atom. The van der Waals surface area contributed by atoms with Crippen LogP contribution in [0.3, 0.4) is 0 Å². The van der Waals surface area contributed by atoms with Crippen molar-refractivity contribution in [3.8, 4) is 0 Å². The lowest BCUT2D eigenvalue weighted by molar-refractivity contribution is -0.149. The number of amides is 3. The molecule has 0 spiro atoms. The summed E-state index contributed by atoms with van der Waals surface area (Å²) in [6.45, 7) is 4.67. The van der Waals surface area contributed by atoms with Gasteiger partial charge in [0.1, 0.15) is 0 Å². The quantitative estimate of drug-likeness (QED) is 0.672. The average Bonchev–Trinajstić information content (AvgIpc) is 2.48. The minimum absolute atomic E-state index is 0.115. The van der Waals surface area contributed by atoms with Crippen LogP contribution in [-0.2, 0) is 9.59 Å². The van der Waals surface area contributed by atoms with Gasteiger partial charge in [-0.15, -0.1) is 0 Å². The molecule has 1 heterocycles. The molecule has 1 rings (SSSR count). The average molecular weight is 299 g/mol. The van der Waals surface area contributed by atoms with Gasteiger partial charge in [0.2, 0.25) is 5.91 Å². The molecule has 0 aromatic heterocycles. The van der Waals surface area contributed by atoms with Crippen molar-refractivity contribution in [3.63, 3.8) is 0 Å². The minimum Gasteiger partial charge on any atom is -0.481 e. The van der Waals surface area contributed by atoms with E-state index in [2.05, 4.69) is 5.32 Å². The van der Waals surface area contributed by atoms with Crippen molar-refractivity contribution >= 4 is 17.9 Å². The molecule has 1 aliphatic rings. The molecule has 7 nitrogen and oxygen atoms in total. The van der Waals surface area contributed by atoms with E-state index < -0.39 is 11.4 Å². The highest BCUT2D eigenvalue weighted by molar-refractivity contribution is 5.79.